The van der Waals surface area contributed by atoms with E-state index in [1.165, 1.54) is 27.8 Å². The number of fused-ring (bicyclic) bond motifs is 3. The first-order valence-corrected chi connectivity index (χ1v) is 11.9. The second kappa shape index (κ2) is 10.5. The molecule has 0 unspecified atom stereocenters. The molecular weight excluding hydrogens is 515 g/mol. The van der Waals surface area contributed by atoms with E-state index in [1.54, 1.807) is 7.05 Å². The molecule has 1 aliphatic heterocycles. The lowest BCUT2D eigenvalue weighted by molar-refractivity contribution is 0.0687. The van der Waals surface area contributed by atoms with Gasteiger partial charge in [0.2, 0.25) is 0 Å². The SMILES string of the molecule is Cn1nc(C(=O)N(CCOc2c(F)cc(C(=O)O)cc2F)Cc2ccccc2)c2c1-c1cc(F)ccc1OC2. The first-order chi connectivity index (χ1) is 18.7. The topological polar surface area (TPSA) is 93.9 Å². The Kier molecular flexibility index (Phi) is 6.97. The Bertz CT molecular complexity index is 1550. The zero-order valence-electron chi connectivity index (χ0n) is 20.7. The Morgan fingerprint density at radius 2 is 1.79 bits per heavy atom. The van der Waals surface area contributed by atoms with E-state index >= 15 is 0 Å². The number of benzene rings is 3. The standard InChI is InChI=1S/C28H22F3N3O5/c1-33-25-19-13-18(29)7-8-23(19)39-15-20(25)24(32-33)27(35)34(14-16-5-3-2-4-6-16)9-10-38-26-21(30)11-17(28(36)37)12-22(26)31/h2-8,11-13H,9-10,14-15H2,1H3,(H,36,37). The number of amides is 1. The van der Waals surface area contributed by atoms with E-state index in [2.05, 4.69) is 5.10 Å². The maximum absolute atomic E-state index is 14.3. The third kappa shape index (κ3) is 5.15. The van der Waals surface area contributed by atoms with Gasteiger partial charge in [0, 0.05) is 24.7 Å². The second-order valence-electron chi connectivity index (χ2n) is 8.86. The normalized spacial score (nSPS) is 11.8. The Labute approximate surface area is 220 Å². The molecule has 39 heavy (non-hydrogen) atoms. The van der Waals surface area contributed by atoms with Gasteiger partial charge in [-0.25, -0.2) is 18.0 Å². The maximum atomic E-state index is 14.3. The number of carbonyl (C=O) groups is 2. The van der Waals surface area contributed by atoms with Crippen LogP contribution in [0, 0.1) is 17.5 Å². The Balaban J connectivity index is 1.42. The second-order valence-corrected chi connectivity index (χ2v) is 8.86. The minimum absolute atomic E-state index is 0.0465. The number of aromatic carboxylic acids is 1. The van der Waals surface area contributed by atoms with Gasteiger partial charge in [-0.2, -0.15) is 5.10 Å². The van der Waals surface area contributed by atoms with E-state index in [9.17, 15) is 22.8 Å². The average Bonchev–Trinajstić information content (AvgIpc) is 3.26. The molecule has 2 heterocycles. The van der Waals surface area contributed by atoms with Crippen molar-refractivity contribution in [2.24, 2.45) is 7.05 Å². The van der Waals surface area contributed by atoms with E-state index in [0.29, 0.717) is 34.7 Å². The largest absolute Gasteiger partial charge is 0.488 e. The van der Waals surface area contributed by atoms with E-state index in [0.717, 1.165) is 5.56 Å². The van der Waals surface area contributed by atoms with Crippen LogP contribution >= 0.6 is 0 Å². The quantitative estimate of drug-likeness (QED) is 0.347. The van der Waals surface area contributed by atoms with Gasteiger partial charge in [0.1, 0.15) is 24.8 Å². The minimum Gasteiger partial charge on any atom is -0.488 e. The molecule has 0 spiro atoms. The minimum atomic E-state index is -1.48. The highest BCUT2D eigenvalue weighted by Gasteiger charge is 2.31. The van der Waals surface area contributed by atoms with Crippen LogP contribution in [0.15, 0.2) is 60.7 Å². The van der Waals surface area contributed by atoms with Gasteiger partial charge in [-0.15, -0.1) is 0 Å². The summed E-state index contributed by atoms with van der Waals surface area (Å²) in [5.41, 5.74) is 1.85. The van der Waals surface area contributed by atoms with Crippen molar-refractivity contribution >= 4 is 11.9 Å². The molecule has 1 aromatic heterocycles. The van der Waals surface area contributed by atoms with Crippen molar-refractivity contribution in [2.75, 3.05) is 13.2 Å². The molecule has 1 N–H and O–H groups in total. The molecule has 4 aromatic rings. The van der Waals surface area contributed by atoms with Gasteiger partial charge in [0.15, 0.2) is 23.1 Å². The summed E-state index contributed by atoms with van der Waals surface area (Å²) in [6, 6.07) is 14.5. The molecule has 3 aromatic carbocycles. The van der Waals surface area contributed by atoms with Gasteiger partial charge in [-0.1, -0.05) is 30.3 Å². The Morgan fingerprint density at radius 3 is 2.49 bits per heavy atom. The lowest BCUT2D eigenvalue weighted by Gasteiger charge is -2.24. The maximum Gasteiger partial charge on any atom is 0.335 e. The zero-order valence-corrected chi connectivity index (χ0v) is 20.7. The summed E-state index contributed by atoms with van der Waals surface area (Å²) in [6.45, 7) is -0.183. The van der Waals surface area contributed by atoms with Gasteiger partial charge in [-0.3, -0.25) is 9.48 Å². The molecule has 0 saturated heterocycles. The summed E-state index contributed by atoms with van der Waals surface area (Å²) in [4.78, 5) is 26.2. The monoisotopic (exact) mass is 537 g/mol. The number of nitrogens with zero attached hydrogens (tertiary/aromatic N) is 3. The van der Waals surface area contributed by atoms with E-state index in [1.807, 2.05) is 30.3 Å². The van der Waals surface area contributed by atoms with Crippen LogP contribution in [0.25, 0.3) is 11.3 Å². The van der Waals surface area contributed by atoms with Crippen LogP contribution in [-0.4, -0.2) is 44.8 Å². The summed E-state index contributed by atoms with van der Waals surface area (Å²) < 4.78 is 55.2. The van der Waals surface area contributed by atoms with Crippen LogP contribution < -0.4 is 9.47 Å². The lowest BCUT2D eigenvalue weighted by Crippen LogP contribution is -2.35. The third-order valence-electron chi connectivity index (χ3n) is 6.27. The van der Waals surface area contributed by atoms with Gasteiger partial charge in [0.05, 0.1) is 17.8 Å². The highest BCUT2D eigenvalue weighted by Crippen LogP contribution is 2.39. The Morgan fingerprint density at radius 1 is 1.08 bits per heavy atom. The number of carbonyl (C=O) groups excluding carboxylic acids is 1. The van der Waals surface area contributed by atoms with Crippen LogP contribution in [0.3, 0.4) is 0 Å². The number of hydrogen-bond acceptors (Lipinski definition) is 5. The highest BCUT2D eigenvalue weighted by molar-refractivity contribution is 5.96. The molecular formula is C28H22F3N3O5. The van der Waals surface area contributed by atoms with Crippen LogP contribution in [0.5, 0.6) is 11.5 Å². The van der Waals surface area contributed by atoms with Gasteiger partial charge in [0.25, 0.3) is 5.91 Å². The molecule has 200 valence electrons. The molecule has 0 radical (unpaired) electrons. The fourth-order valence-corrected chi connectivity index (χ4v) is 4.46. The zero-order chi connectivity index (χ0) is 27.7. The molecule has 0 fully saturated rings. The number of carboxylic acid groups (broad SMARTS) is 1. The van der Waals surface area contributed by atoms with Crippen molar-refractivity contribution in [1.29, 1.82) is 0 Å². The number of rotatable bonds is 8. The van der Waals surface area contributed by atoms with Crippen molar-refractivity contribution in [2.45, 2.75) is 13.2 Å². The molecule has 0 saturated carbocycles. The van der Waals surface area contributed by atoms with E-state index in [4.69, 9.17) is 14.6 Å². The number of hydrogen-bond donors (Lipinski definition) is 1. The molecule has 1 amide bonds. The van der Waals surface area contributed by atoms with Crippen molar-refractivity contribution in [3.63, 3.8) is 0 Å². The van der Waals surface area contributed by atoms with Crippen molar-refractivity contribution < 1.29 is 37.3 Å². The molecule has 0 aliphatic carbocycles. The fourth-order valence-electron chi connectivity index (χ4n) is 4.46. The molecule has 0 bridgehead atoms. The van der Waals surface area contributed by atoms with Gasteiger partial charge in [-0.05, 0) is 35.9 Å². The number of ether oxygens (including phenoxy) is 2. The Hall–Kier alpha value is -4.80. The number of halogens is 3. The first kappa shape index (κ1) is 25.8. The molecule has 1 aliphatic rings. The fraction of sp³-hybridized carbons (Fsp3) is 0.179. The van der Waals surface area contributed by atoms with Crippen LogP contribution in [0.2, 0.25) is 0 Å². The average molecular weight is 537 g/mol. The molecule has 0 atom stereocenters. The summed E-state index contributed by atoms with van der Waals surface area (Å²) in [7, 11) is 1.65. The van der Waals surface area contributed by atoms with Crippen molar-refractivity contribution in [3.05, 3.63) is 100 Å². The molecule has 11 heteroatoms. The summed E-state index contributed by atoms with van der Waals surface area (Å²) in [5, 5.41) is 13.4. The predicted octanol–water partition coefficient (Wildman–Crippen LogP) is 4.82. The van der Waals surface area contributed by atoms with Gasteiger partial charge < -0.3 is 19.5 Å². The molecule has 8 nitrogen and oxygen atoms in total. The summed E-state index contributed by atoms with van der Waals surface area (Å²) in [5.74, 6) is -5.03. The third-order valence-corrected chi connectivity index (χ3v) is 6.27. The van der Waals surface area contributed by atoms with Crippen molar-refractivity contribution in [3.8, 4) is 22.8 Å². The van der Waals surface area contributed by atoms with Gasteiger partial charge >= 0.3 is 5.97 Å². The number of aryl methyl sites for hydroxylation is 1. The summed E-state index contributed by atoms with van der Waals surface area (Å²) in [6.07, 6.45) is 0. The van der Waals surface area contributed by atoms with Crippen LogP contribution in [0.4, 0.5) is 13.2 Å². The van der Waals surface area contributed by atoms with Crippen molar-refractivity contribution in [1.82, 2.24) is 14.7 Å². The number of carboxylic acids is 1. The highest BCUT2D eigenvalue weighted by atomic mass is 19.1. The predicted molar refractivity (Wildman–Crippen MR) is 133 cm³/mol. The number of aromatic nitrogens is 2. The van der Waals surface area contributed by atoms with Crippen LogP contribution in [-0.2, 0) is 20.2 Å². The van der Waals surface area contributed by atoms with E-state index in [-0.39, 0.29) is 32.0 Å². The van der Waals surface area contributed by atoms with Crippen LogP contribution in [0.1, 0.15) is 32.0 Å². The summed E-state index contributed by atoms with van der Waals surface area (Å²) >= 11 is 0. The first-order valence-electron chi connectivity index (χ1n) is 11.9. The lowest BCUT2D eigenvalue weighted by atomic mass is 10.0. The van der Waals surface area contributed by atoms with E-state index < -0.39 is 40.6 Å². The molecule has 5 rings (SSSR count). The smallest absolute Gasteiger partial charge is 0.335 e.